The number of amides is 1. The molecule has 7 heteroatoms. The molecule has 2 aromatic rings. The molecule has 0 bridgehead atoms. The lowest BCUT2D eigenvalue weighted by atomic mass is 10.2. The van der Waals surface area contributed by atoms with Crippen molar-refractivity contribution in [2.75, 3.05) is 0 Å². The van der Waals surface area contributed by atoms with Gasteiger partial charge in [0, 0.05) is 14.9 Å². The number of pyridine rings is 1. The average molecular weight is 366 g/mol. The van der Waals surface area contributed by atoms with Gasteiger partial charge in [0.15, 0.2) is 0 Å². The summed E-state index contributed by atoms with van der Waals surface area (Å²) in [6.45, 7) is 0.453. The van der Waals surface area contributed by atoms with E-state index < -0.39 is 0 Å². The summed E-state index contributed by atoms with van der Waals surface area (Å²) < 4.78 is 0.985. The van der Waals surface area contributed by atoms with Crippen LogP contribution in [0.15, 0.2) is 28.1 Å². The zero-order chi connectivity index (χ0) is 13.1. The minimum Gasteiger partial charge on any atom is -0.347 e. The number of carbonyl (C=O) groups excluding carboxylic acids is 1. The van der Waals surface area contributed by atoms with E-state index in [4.69, 9.17) is 23.2 Å². The number of hydrogen-bond acceptors (Lipinski definition) is 3. The van der Waals surface area contributed by atoms with Crippen molar-refractivity contribution in [2.24, 2.45) is 0 Å². The van der Waals surface area contributed by atoms with E-state index in [9.17, 15) is 4.79 Å². The fourth-order valence-electron chi connectivity index (χ4n) is 1.31. The topological polar surface area (TPSA) is 42.0 Å². The Bertz CT molecular complexity index is 568. The Morgan fingerprint density at radius 2 is 2.06 bits per heavy atom. The van der Waals surface area contributed by atoms with E-state index in [2.05, 4.69) is 26.2 Å². The molecule has 0 aliphatic carbocycles. The van der Waals surface area contributed by atoms with E-state index in [1.165, 1.54) is 12.1 Å². The predicted molar refractivity (Wildman–Crippen MR) is 77.4 cm³/mol. The zero-order valence-electron chi connectivity index (χ0n) is 8.91. The second-order valence-electron chi connectivity index (χ2n) is 3.38. The standard InChI is InChI=1S/C11H7BrCl2N2OS/c12-7-1-2-18-8(7)5-15-11(17)6-3-9(13)16-10(14)4-6/h1-4H,5H2,(H,15,17). The van der Waals surface area contributed by atoms with Gasteiger partial charge < -0.3 is 5.32 Å². The van der Waals surface area contributed by atoms with Crippen LogP contribution in [0.25, 0.3) is 0 Å². The lowest BCUT2D eigenvalue weighted by Crippen LogP contribution is -2.22. The quantitative estimate of drug-likeness (QED) is 0.830. The summed E-state index contributed by atoms with van der Waals surface area (Å²) in [5.74, 6) is -0.235. The van der Waals surface area contributed by atoms with Gasteiger partial charge in [-0.3, -0.25) is 4.79 Å². The zero-order valence-corrected chi connectivity index (χ0v) is 12.8. The van der Waals surface area contributed by atoms with Gasteiger partial charge in [-0.1, -0.05) is 23.2 Å². The molecule has 0 radical (unpaired) electrons. The second kappa shape index (κ2) is 6.02. The maximum atomic E-state index is 11.9. The van der Waals surface area contributed by atoms with Gasteiger partial charge in [-0.25, -0.2) is 4.98 Å². The van der Waals surface area contributed by atoms with E-state index in [0.29, 0.717) is 12.1 Å². The highest BCUT2D eigenvalue weighted by atomic mass is 79.9. The minimum atomic E-state index is -0.235. The summed E-state index contributed by atoms with van der Waals surface area (Å²) in [5, 5.41) is 5.14. The molecule has 0 aromatic carbocycles. The van der Waals surface area contributed by atoms with Crippen molar-refractivity contribution in [1.82, 2.24) is 10.3 Å². The molecule has 0 unspecified atom stereocenters. The molecule has 1 N–H and O–H groups in total. The molecule has 1 amide bonds. The molecule has 0 aliphatic heterocycles. The maximum absolute atomic E-state index is 11.9. The smallest absolute Gasteiger partial charge is 0.251 e. The number of nitrogens with one attached hydrogen (secondary N) is 1. The summed E-state index contributed by atoms with van der Waals surface area (Å²) >= 11 is 16.4. The van der Waals surface area contributed by atoms with E-state index >= 15 is 0 Å². The van der Waals surface area contributed by atoms with E-state index in [1.54, 1.807) is 11.3 Å². The Balaban J connectivity index is 2.06. The first kappa shape index (κ1) is 13.8. The molecule has 2 rings (SSSR count). The molecule has 0 fully saturated rings. The van der Waals surface area contributed by atoms with Crippen LogP contribution >= 0.6 is 50.5 Å². The molecule has 0 spiro atoms. The molecule has 0 saturated heterocycles. The largest absolute Gasteiger partial charge is 0.347 e. The lowest BCUT2D eigenvalue weighted by molar-refractivity contribution is 0.0951. The van der Waals surface area contributed by atoms with Gasteiger partial charge in [0.2, 0.25) is 0 Å². The van der Waals surface area contributed by atoms with Gasteiger partial charge in [0.05, 0.1) is 6.54 Å². The Hall–Kier alpha value is -0.620. The van der Waals surface area contributed by atoms with Crippen LogP contribution in [0.4, 0.5) is 0 Å². The summed E-state index contributed by atoms with van der Waals surface area (Å²) in [5.41, 5.74) is 0.396. The third-order valence-electron chi connectivity index (χ3n) is 2.13. The maximum Gasteiger partial charge on any atom is 0.251 e. The predicted octanol–water partition coefficient (Wildman–Crippen LogP) is 4.14. The van der Waals surface area contributed by atoms with Crippen molar-refractivity contribution in [3.8, 4) is 0 Å². The van der Waals surface area contributed by atoms with E-state index in [-0.39, 0.29) is 16.2 Å². The highest BCUT2D eigenvalue weighted by Gasteiger charge is 2.09. The first-order chi connectivity index (χ1) is 8.56. The fourth-order valence-corrected chi connectivity index (χ4v) is 3.20. The monoisotopic (exact) mass is 364 g/mol. The van der Waals surface area contributed by atoms with Crippen LogP contribution in [0.2, 0.25) is 10.3 Å². The van der Waals surface area contributed by atoms with Crippen LogP contribution in [0.5, 0.6) is 0 Å². The number of carbonyl (C=O) groups is 1. The molecule has 3 nitrogen and oxygen atoms in total. The Morgan fingerprint density at radius 1 is 1.39 bits per heavy atom. The first-order valence-electron chi connectivity index (χ1n) is 4.89. The van der Waals surface area contributed by atoms with Crippen molar-refractivity contribution in [3.05, 3.63) is 48.8 Å². The van der Waals surface area contributed by atoms with Crippen molar-refractivity contribution in [2.45, 2.75) is 6.54 Å². The van der Waals surface area contributed by atoms with Crippen LogP contribution in [0, 0.1) is 0 Å². The number of nitrogens with zero attached hydrogens (tertiary/aromatic N) is 1. The summed E-state index contributed by atoms with van der Waals surface area (Å²) in [6, 6.07) is 4.89. The Labute approximate surface area is 126 Å². The van der Waals surface area contributed by atoms with Gasteiger partial charge in [-0.15, -0.1) is 11.3 Å². The van der Waals surface area contributed by atoms with Crippen LogP contribution in [0.3, 0.4) is 0 Å². The first-order valence-corrected chi connectivity index (χ1v) is 7.32. The van der Waals surface area contributed by atoms with Crippen molar-refractivity contribution in [1.29, 1.82) is 0 Å². The van der Waals surface area contributed by atoms with Gasteiger partial charge in [0.1, 0.15) is 10.3 Å². The fraction of sp³-hybridized carbons (Fsp3) is 0.0909. The van der Waals surface area contributed by atoms with Crippen LogP contribution in [-0.4, -0.2) is 10.9 Å². The van der Waals surface area contributed by atoms with Crippen LogP contribution in [-0.2, 0) is 6.54 Å². The molecule has 0 saturated carbocycles. The van der Waals surface area contributed by atoms with Crippen LogP contribution < -0.4 is 5.32 Å². The SMILES string of the molecule is O=C(NCc1sccc1Br)c1cc(Cl)nc(Cl)c1. The number of hydrogen-bond donors (Lipinski definition) is 1. The molecule has 18 heavy (non-hydrogen) atoms. The van der Waals surface area contributed by atoms with Gasteiger partial charge in [-0.2, -0.15) is 0 Å². The highest BCUT2D eigenvalue weighted by Crippen LogP contribution is 2.22. The molecule has 94 valence electrons. The van der Waals surface area contributed by atoms with Crippen molar-refractivity contribution >= 4 is 56.4 Å². The molecule has 2 heterocycles. The van der Waals surface area contributed by atoms with E-state index in [1.807, 2.05) is 11.4 Å². The van der Waals surface area contributed by atoms with Crippen LogP contribution in [0.1, 0.15) is 15.2 Å². The van der Waals surface area contributed by atoms with Crippen molar-refractivity contribution < 1.29 is 4.79 Å². The normalized spacial score (nSPS) is 10.4. The number of halogens is 3. The van der Waals surface area contributed by atoms with Gasteiger partial charge in [0.25, 0.3) is 5.91 Å². The molecular weight excluding hydrogens is 359 g/mol. The van der Waals surface area contributed by atoms with Crippen molar-refractivity contribution in [3.63, 3.8) is 0 Å². The summed E-state index contributed by atoms with van der Waals surface area (Å²) in [6.07, 6.45) is 0. The number of thiophene rings is 1. The summed E-state index contributed by atoms with van der Waals surface area (Å²) in [4.78, 5) is 16.7. The number of aromatic nitrogens is 1. The lowest BCUT2D eigenvalue weighted by Gasteiger charge is -2.05. The molecule has 0 atom stereocenters. The molecular formula is C11H7BrCl2N2OS. The second-order valence-corrected chi connectivity index (χ2v) is 6.01. The highest BCUT2D eigenvalue weighted by molar-refractivity contribution is 9.10. The molecule has 2 aromatic heterocycles. The third kappa shape index (κ3) is 3.45. The Kier molecular flexibility index (Phi) is 4.61. The number of rotatable bonds is 3. The van der Waals surface area contributed by atoms with E-state index in [0.717, 1.165) is 9.35 Å². The average Bonchev–Trinajstić information content (AvgIpc) is 2.70. The minimum absolute atomic E-state index is 0.199. The third-order valence-corrected chi connectivity index (χ3v) is 4.44. The van der Waals surface area contributed by atoms with Gasteiger partial charge >= 0.3 is 0 Å². The summed E-state index contributed by atoms with van der Waals surface area (Å²) in [7, 11) is 0. The Morgan fingerprint density at radius 3 is 2.61 bits per heavy atom. The van der Waals surface area contributed by atoms with Gasteiger partial charge in [-0.05, 0) is 39.5 Å². The molecule has 0 aliphatic rings.